The minimum atomic E-state index is -3.91. The fourth-order valence-corrected chi connectivity index (χ4v) is 9.34. The number of carbonyl (C=O) groups excluding carboxylic acids is 4. The standard InChI is InChI=1S/C43H49N5O9S/c1-42(2,3)57-41(52)45-31-18-11-6-4-5-10-16-27-24-43(27,40(51)47-58(53,54)29-20-21-29)46-38(49)33-22-28(25-48(33)39(31)50)55-35-23-32(26-14-8-7-9-15-26)44-36-30-17-12-13-19-34(30)56-37(35)36/h7-10,12-17,19,23,27-29,31,33H,4-6,11,18,20-22,24-25H2,1-3H3,(H,45,52)(H,46,49)(H,47,51)/b16-10-. The summed E-state index contributed by atoms with van der Waals surface area (Å²) in [5, 5.41) is 5.83. The molecule has 5 unspecified atom stereocenters. The quantitative estimate of drug-likeness (QED) is 0.190. The van der Waals surface area contributed by atoms with Gasteiger partial charge in [0.2, 0.25) is 21.8 Å². The minimum absolute atomic E-state index is 0.0278. The van der Waals surface area contributed by atoms with Crippen LogP contribution < -0.4 is 20.1 Å². The number of allylic oxidation sites excluding steroid dienone is 1. The van der Waals surface area contributed by atoms with Gasteiger partial charge in [0, 0.05) is 29.4 Å². The first-order chi connectivity index (χ1) is 27.7. The monoisotopic (exact) mass is 811 g/mol. The Bertz CT molecular complexity index is 2390. The van der Waals surface area contributed by atoms with Gasteiger partial charge in [0.1, 0.15) is 40.4 Å². The van der Waals surface area contributed by atoms with Gasteiger partial charge in [-0.2, -0.15) is 0 Å². The molecule has 2 saturated carbocycles. The van der Waals surface area contributed by atoms with E-state index >= 15 is 0 Å². The second kappa shape index (κ2) is 15.4. The van der Waals surface area contributed by atoms with E-state index in [9.17, 15) is 27.6 Å². The molecule has 14 nitrogen and oxygen atoms in total. The summed E-state index contributed by atoms with van der Waals surface area (Å²) in [6.07, 6.45) is 6.63. The summed E-state index contributed by atoms with van der Waals surface area (Å²) in [6, 6.07) is 16.8. The third-order valence-corrected chi connectivity index (χ3v) is 13.0. The number of pyridine rings is 1. The molecule has 4 aromatic rings. The number of carbonyl (C=O) groups is 4. The molecule has 4 heterocycles. The number of nitrogens with zero attached hydrogens (tertiary/aromatic N) is 2. The number of fused-ring (bicyclic) bond motifs is 5. The van der Waals surface area contributed by atoms with Crippen LogP contribution in [0.15, 0.2) is 77.2 Å². The number of alkyl carbamates (subject to hydrolysis) is 1. The molecule has 2 aliphatic carbocycles. The van der Waals surface area contributed by atoms with Crippen molar-refractivity contribution in [3.63, 3.8) is 0 Å². The van der Waals surface area contributed by atoms with Crippen molar-refractivity contribution < 1.29 is 41.5 Å². The maximum atomic E-state index is 14.7. The maximum absolute atomic E-state index is 14.7. The van der Waals surface area contributed by atoms with Crippen molar-refractivity contribution in [1.29, 1.82) is 0 Å². The Morgan fingerprint density at radius 2 is 1.76 bits per heavy atom. The lowest BCUT2D eigenvalue weighted by Crippen LogP contribution is -2.58. The van der Waals surface area contributed by atoms with E-state index in [-0.39, 0.29) is 19.4 Å². The number of furan rings is 1. The van der Waals surface area contributed by atoms with Gasteiger partial charge in [-0.15, -0.1) is 0 Å². The summed E-state index contributed by atoms with van der Waals surface area (Å²) in [7, 11) is -3.91. The van der Waals surface area contributed by atoms with E-state index in [2.05, 4.69) is 15.4 Å². The van der Waals surface area contributed by atoms with Crippen LogP contribution in [0.25, 0.3) is 33.3 Å². The average Bonchev–Trinajstić information content (AvgIpc) is 4.08. The third-order valence-electron chi connectivity index (χ3n) is 11.2. The largest absolute Gasteiger partial charge is 0.484 e. The summed E-state index contributed by atoms with van der Waals surface area (Å²) in [5.74, 6) is -1.99. The van der Waals surface area contributed by atoms with Gasteiger partial charge in [-0.05, 0) is 71.4 Å². The highest BCUT2D eigenvalue weighted by molar-refractivity contribution is 7.91. The Morgan fingerprint density at radius 3 is 2.52 bits per heavy atom. The first-order valence-corrected chi connectivity index (χ1v) is 21.6. The number of ether oxygens (including phenoxy) is 2. The SMILES string of the molecule is CC(C)(C)OC(=O)NC1CCCCC/C=C\C2CC2(C(=O)NS(=O)(=O)C2CC2)NC(=O)C2CC(Oc3cc(-c4ccccc4)nc4c3oc3ccccc34)CN2C1=O. The lowest BCUT2D eigenvalue weighted by molar-refractivity contribution is -0.141. The van der Waals surface area contributed by atoms with Crippen molar-refractivity contribution in [3.05, 3.63) is 72.8 Å². The first-order valence-electron chi connectivity index (χ1n) is 20.1. The molecule has 4 aliphatic rings. The van der Waals surface area contributed by atoms with Crippen molar-refractivity contribution >= 4 is 55.9 Å². The Labute approximate surface area is 337 Å². The lowest BCUT2D eigenvalue weighted by Gasteiger charge is -2.30. The van der Waals surface area contributed by atoms with E-state index in [1.165, 1.54) is 4.90 Å². The first kappa shape index (κ1) is 39.4. The van der Waals surface area contributed by atoms with Crippen LogP contribution in [0.5, 0.6) is 5.75 Å². The Balaban J connectivity index is 1.14. The zero-order valence-electron chi connectivity index (χ0n) is 32.9. The average molecular weight is 812 g/mol. The van der Waals surface area contributed by atoms with Gasteiger partial charge in [0.05, 0.1) is 17.5 Å². The second-order valence-corrected chi connectivity index (χ2v) is 18.8. The normalized spacial score (nSPS) is 26.1. The molecule has 2 aliphatic heterocycles. The Hall–Kier alpha value is -5.44. The van der Waals surface area contributed by atoms with Crippen molar-refractivity contribution in [3.8, 4) is 17.0 Å². The zero-order chi connectivity index (χ0) is 40.8. The van der Waals surface area contributed by atoms with Gasteiger partial charge >= 0.3 is 6.09 Å². The number of sulfonamides is 1. The summed E-state index contributed by atoms with van der Waals surface area (Å²) >= 11 is 0. The molecular weight excluding hydrogens is 763 g/mol. The number of nitrogens with one attached hydrogen (secondary N) is 3. The van der Waals surface area contributed by atoms with E-state index in [0.29, 0.717) is 60.2 Å². The summed E-state index contributed by atoms with van der Waals surface area (Å²) < 4.78 is 46.6. The van der Waals surface area contributed by atoms with Gasteiger partial charge in [-0.3, -0.25) is 19.1 Å². The van der Waals surface area contributed by atoms with Gasteiger partial charge < -0.3 is 29.4 Å². The number of aromatic nitrogens is 1. The van der Waals surface area contributed by atoms with Gasteiger partial charge in [0.25, 0.3) is 5.91 Å². The molecule has 2 aromatic heterocycles. The summed E-state index contributed by atoms with van der Waals surface area (Å²) in [4.78, 5) is 62.5. The predicted octanol–water partition coefficient (Wildman–Crippen LogP) is 5.89. The highest BCUT2D eigenvalue weighted by Crippen LogP contribution is 2.46. The highest BCUT2D eigenvalue weighted by atomic mass is 32.2. The molecule has 5 atom stereocenters. The van der Waals surface area contributed by atoms with E-state index in [0.717, 1.165) is 23.8 Å². The molecule has 0 bridgehead atoms. The van der Waals surface area contributed by atoms with E-state index in [1.807, 2.05) is 66.7 Å². The Morgan fingerprint density at radius 1 is 1.00 bits per heavy atom. The van der Waals surface area contributed by atoms with Gasteiger partial charge in [-0.1, -0.05) is 67.5 Å². The number of amides is 4. The van der Waals surface area contributed by atoms with Crippen LogP contribution in [0.1, 0.15) is 78.6 Å². The van der Waals surface area contributed by atoms with E-state index in [4.69, 9.17) is 18.9 Å². The van der Waals surface area contributed by atoms with Crippen LogP contribution in [0.2, 0.25) is 0 Å². The number of para-hydroxylation sites is 1. The predicted molar refractivity (Wildman–Crippen MR) is 216 cm³/mol. The molecule has 0 radical (unpaired) electrons. The maximum Gasteiger partial charge on any atom is 0.408 e. The fraction of sp³-hybridized carbons (Fsp3) is 0.465. The minimum Gasteiger partial charge on any atom is -0.484 e. The van der Waals surface area contributed by atoms with Crippen LogP contribution in [-0.2, 0) is 29.1 Å². The summed E-state index contributed by atoms with van der Waals surface area (Å²) in [5.41, 5.74) is 0.771. The van der Waals surface area contributed by atoms with E-state index in [1.54, 1.807) is 26.8 Å². The number of hydrogen-bond donors (Lipinski definition) is 3. The van der Waals surface area contributed by atoms with E-state index < -0.39 is 74.3 Å². The molecule has 3 N–H and O–H groups in total. The van der Waals surface area contributed by atoms with Gasteiger partial charge in [0.15, 0.2) is 11.3 Å². The van der Waals surface area contributed by atoms with Crippen LogP contribution in [0.3, 0.4) is 0 Å². The molecule has 58 heavy (non-hydrogen) atoms. The van der Waals surface area contributed by atoms with Crippen LogP contribution >= 0.6 is 0 Å². The highest BCUT2D eigenvalue weighted by Gasteiger charge is 2.62. The number of hydrogen-bond acceptors (Lipinski definition) is 10. The van der Waals surface area contributed by atoms with Crippen molar-refractivity contribution in [2.75, 3.05) is 6.54 Å². The number of rotatable bonds is 7. The van der Waals surface area contributed by atoms with Crippen LogP contribution in [0.4, 0.5) is 4.79 Å². The smallest absolute Gasteiger partial charge is 0.408 e. The molecule has 306 valence electrons. The molecule has 8 rings (SSSR count). The Kier molecular flexibility index (Phi) is 10.4. The van der Waals surface area contributed by atoms with Gasteiger partial charge in [-0.25, -0.2) is 18.2 Å². The zero-order valence-corrected chi connectivity index (χ0v) is 33.7. The number of benzene rings is 2. The lowest BCUT2D eigenvalue weighted by atomic mass is 10.0. The fourth-order valence-electron chi connectivity index (χ4n) is 7.97. The van der Waals surface area contributed by atoms with Crippen molar-refractivity contribution in [1.82, 2.24) is 25.2 Å². The molecule has 15 heteroatoms. The molecule has 3 fully saturated rings. The third kappa shape index (κ3) is 8.27. The van der Waals surface area contributed by atoms with Crippen LogP contribution in [-0.4, -0.2) is 83.2 Å². The van der Waals surface area contributed by atoms with Crippen LogP contribution in [0, 0.1) is 5.92 Å². The van der Waals surface area contributed by atoms with Crippen molar-refractivity contribution in [2.45, 2.75) is 113 Å². The molecule has 2 aromatic carbocycles. The van der Waals surface area contributed by atoms with Crippen molar-refractivity contribution in [2.24, 2.45) is 5.92 Å². The molecule has 1 saturated heterocycles. The second-order valence-electron chi connectivity index (χ2n) is 16.8. The molecular formula is C43H49N5O9S. The topological polar surface area (TPSA) is 186 Å². The molecule has 0 spiro atoms. The molecule has 4 amide bonds. The summed E-state index contributed by atoms with van der Waals surface area (Å²) in [6.45, 7) is 5.16.